The van der Waals surface area contributed by atoms with Crippen LogP contribution < -0.4 is 10.6 Å². The minimum absolute atomic E-state index is 0.104. The van der Waals surface area contributed by atoms with E-state index < -0.39 is 12.0 Å². The van der Waals surface area contributed by atoms with Crippen molar-refractivity contribution >= 4 is 12.0 Å². The standard InChI is InChI=1S/C12H22N2O3/c1-4-7-12(2,3)14-11(17)13-9(10(15)16)8-5-6-8/h8-9H,4-7H2,1-3H3,(H,15,16)(H2,13,14,17). The van der Waals surface area contributed by atoms with Crippen molar-refractivity contribution in [2.24, 2.45) is 5.92 Å². The van der Waals surface area contributed by atoms with Gasteiger partial charge in [-0.2, -0.15) is 0 Å². The van der Waals surface area contributed by atoms with Crippen LogP contribution in [-0.4, -0.2) is 28.7 Å². The molecule has 0 spiro atoms. The number of hydrogen-bond donors (Lipinski definition) is 3. The SMILES string of the molecule is CCCC(C)(C)NC(=O)NC(C(=O)O)C1CC1. The number of amides is 2. The maximum Gasteiger partial charge on any atom is 0.326 e. The van der Waals surface area contributed by atoms with Gasteiger partial charge in [-0.1, -0.05) is 13.3 Å². The van der Waals surface area contributed by atoms with Crippen molar-refractivity contribution in [1.29, 1.82) is 0 Å². The van der Waals surface area contributed by atoms with Gasteiger partial charge in [0.2, 0.25) is 0 Å². The maximum atomic E-state index is 11.7. The topological polar surface area (TPSA) is 78.4 Å². The molecule has 0 aliphatic heterocycles. The molecule has 5 heteroatoms. The van der Waals surface area contributed by atoms with Crippen molar-refractivity contribution in [3.05, 3.63) is 0 Å². The van der Waals surface area contributed by atoms with Crippen LogP contribution in [0.5, 0.6) is 0 Å². The Hall–Kier alpha value is -1.26. The molecule has 0 heterocycles. The predicted octanol–water partition coefficient (Wildman–Crippen LogP) is 1.73. The third-order valence-corrected chi connectivity index (χ3v) is 2.97. The van der Waals surface area contributed by atoms with Crippen molar-refractivity contribution in [2.75, 3.05) is 0 Å². The van der Waals surface area contributed by atoms with Gasteiger partial charge in [-0.05, 0) is 39.0 Å². The predicted molar refractivity (Wildman–Crippen MR) is 64.8 cm³/mol. The average Bonchev–Trinajstić information content (AvgIpc) is 2.95. The summed E-state index contributed by atoms with van der Waals surface area (Å²) in [7, 11) is 0. The van der Waals surface area contributed by atoms with Gasteiger partial charge in [0.15, 0.2) is 0 Å². The minimum Gasteiger partial charge on any atom is -0.480 e. The number of aliphatic carboxylic acids is 1. The van der Waals surface area contributed by atoms with Gasteiger partial charge in [-0.3, -0.25) is 0 Å². The van der Waals surface area contributed by atoms with Crippen LogP contribution in [-0.2, 0) is 4.79 Å². The smallest absolute Gasteiger partial charge is 0.326 e. The molecule has 1 aliphatic carbocycles. The average molecular weight is 242 g/mol. The summed E-state index contributed by atoms with van der Waals surface area (Å²) in [6.07, 6.45) is 3.60. The fraction of sp³-hybridized carbons (Fsp3) is 0.833. The summed E-state index contributed by atoms with van der Waals surface area (Å²) < 4.78 is 0. The molecule has 0 aromatic rings. The second-order valence-electron chi connectivity index (χ2n) is 5.39. The number of carbonyl (C=O) groups excluding carboxylic acids is 1. The zero-order valence-corrected chi connectivity index (χ0v) is 10.7. The number of nitrogens with one attached hydrogen (secondary N) is 2. The lowest BCUT2D eigenvalue weighted by molar-refractivity contribution is -0.139. The number of carboxylic acids is 1. The van der Waals surface area contributed by atoms with Crippen LogP contribution in [0.4, 0.5) is 4.79 Å². The third kappa shape index (κ3) is 4.63. The minimum atomic E-state index is -0.948. The first-order chi connectivity index (χ1) is 7.85. The molecule has 1 unspecified atom stereocenters. The molecule has 0 aromatic carbocycles. The fourth-order valence-corrected chi connectivity index (χ4v) is 1.98. The van der Waals surface area contributed by atoms with E-state index in [9.17, 15) is 9.59 Å². The van der Waals surface area contributed by atoms with Gasteiger partial charge in [-0.25, -0.2) is 9.59 Å². The normalized spacial score (nSPS) is 17.4. The Bertz CT molecular complexity index is 298. The largest absolute Gasteiger partial charge is 0.480 e. The number of carbonyl (C=O) groups is 2. The first-order valence-corrected chi connectivity index (χ1v) is 6.17. The monoisotopic (exact) mass is 242 g/mol. The molecule has 1 aliphatic rings. The van der Waals surface area contributed by atoms with E-state index in [0.29, 0.717) is 0 Å². The van der Waals surface area contributed by atoms with Gasteiger partial charge in [0.05, 0.1) is 0 Å². The number of hydrogen-bond acceptors (Lipinski definition) is 2. The first-order valence-electron chi connectivity index (χ1n) is 6.17. The second kappa shape index (κ2) is 5.38. The van der Waals surface area contributed by atoms with E-state index in [2.05, 4.69) is 10.6 Å². The molecule has 0 aromatic heterocycles. The molecule has 0 bridgehead atoms. The van der Waals surface area contributed by atoms with Crippen molar-refractivity contribution in [3.8, 4) is 0 Å². The molecule has 0 saturated heterocycles. The van der Waals surface area contributed by atoms with Crippen LogP contribution in [0, 0.1) is 5.92 Å². The highest BCUT2D eigenvalue weighted by Crippen LogP contribution is 2.32. The number of urea groups is 1. The Morgan fingerprint density at radius 1 is 1.41 bits per heavy atom. The lowest BCUT2D eigenvalue weighted by Crippen LogP contribution is -2.53. The highest BCUT2D eigenvalue weighted by Gasteiger charge is 2.37. The molecular weight excluding hydrogens is 220 g/mol. The van der Waals surface area contributed by atoms with Crippen molar-refractivity contribution in [3.63, 3.8) is 0 Å². The molecule has 3 N–H and O–H groups in total. The molecule has 98 valence electrons. The summed E-state index contributed by atoms with van der Waals surface area (Å²) in [5.41, 5.74) is -0.300. The summed E-state index contributed by atoms with van der Waals surface area (Å²) in [5.74, 6) is -0.844. The van der Waals surface area contributed by atoms with Crippen LogP contribution in [0.15, 0.2) is 0 Å². The van der Waals surface area contributed by atoms with Crippen LogP contribution in [0.1, 0.15) is 46.5 Å². The van der Waals surface area contributed by atoms with Crippen LogP contribution in [0.25, 0.3) is 0 Å². The third-order valence-electron chi connectivity index (χ3n) is 2.97. The molecule has 1 atom stereocenters. The van der Waals surface area contributed by atoms with Crippen LogP contribution in [0.2, 0.25) is 0 Å². The van der Waals surface area contributed by atoms with E-state index in [4.69, 9.17) is 5.11 Å². The second-order valence-corrected chi connectivity index (χ2v) is 5.39. The van der Waals surface area contributed by atoms with Crippen LogP contribution >= 0.6 is 0 Å². The number of rotatable bonds is 6. The Morgan fingerprint density at radius 3 is 2.41 bits per heavy atom. The van der Waals surface area contributed by atoms with Gasteiger partial charge in [0.25, 0.3) is 0 Å². The molecule has 2 amide bonds. The first kappa shape index (κ1) is 13.8. The maximum absolute atomic E-state index is 11.7. The van der Waals surface area contributed by atoms with Gasteiger partial charge >= 0.3 is 12.0 Å². The Labute approximate surface area is 102 Å². The van der Waals surface area contributed by atoms with Gasteiger partial charge in [0.1, 0.15) is 6.04 Å². The highest BCUT2D eigenvalue weighted by molar-refractivity contribution is 5.83. The van der Waals surface area contributed by atoms with E-state index in [1.807, 2.05) is 20.8 Å². The molecule has 1 fully saturated rings. The quantitative estimate of drug-likeness (QED) is 0.663. The molecular formula is C12H22N2O3. The highest BCUT2D eigenvalue weighted by atomic mass is 16.4. The van der Waals surface area contributed by atoms with Crippen molar-refractivity contribution in [2.45, 2.75) is 58.0 Å². The molecule has 1 saturated carbocycles. The Balaban J connectivity index is 2.44. The van der Waals surface area contributed by atoms with E-state index >= 15 is 0 Å². The van der Waals surface area contributed by atoms with Crippen molar-refractivity contribution < 1.29 is 14.7 Å². The molecule has 5 nitrogen and oxygen atoms in total. The number of carboxylic acid groups (broad SMARTS) is 1. The van der Waals surface area contributed by atoms with Gasteiger partial charge < -0.3 is 15.7 Å². The van der Waals surface area contributed by atoms with Crippen molar-refractivity contribution in [1.82, 2.24) is 10.6 Å². The fourth-order valence-electron chi connectivity index (χ4n) is 1.98. The lowest BCUT2D eigenvalue weighted by atomic mass is 9.99. The summed E-state index contributed by atoms with van der Waals surface area (Å²) >= 11 is 0. The Morgan fingerprint density at radius 2 is 2.00 bits per heavy atom. The zero-order chi connectivity index (χ0) is 13.1. The van der Waals surface area contributed by atoms with E-state index in [1.165, 1.54) is 0 Å². The summed E-state index contributed by atoms with van der Waals surface area (Å²) in [4.78, 5) is 22.7. The molecule has 17 heavy (non-hydrogen) atoms. The van der Waals surface area contributed by atoms with E-state index in [-0.39, 0.29) is 17.5 Å². The van der Waals surface area contributed by atoms with Crippen LogP contribution in [0.3, 0.4) is 0 Å². The molecule has 0 radical (unpaired) electrons. The summed E-state index contributed by atoms with van der Waals surface area (Å²) in [5, 5.41) is 14.3. The summed E-state index contributed by atoms with van der Waals surface area (Å²) in [6, 6.07) is -1.13. The Kier molecular flexibility index (Phi) is 4.37. The lowest BCUT2D eigenvalue weighted by Gasteiger charge is -2.27. The van der Waals surface area contributed by atoms with Gasteiger partial charge in [-0.15, -0.1) is 0 Å². The van der Waals surface area contributed by atoms with Gasteiger partial charge in [0, 0.05) is 5.54 Å². The zero-order valence-electron chi connectivity index (χ0n) is 10.7. The van der Waals surface area contributed by atoms with E-state index in [0.717, 1.165) is 25.7 Å². The van der Waals surface area contributed by atoms with E-state index in [1.54, 1.807) is 0 Å². The summed E-state index contributed by atoms with van der Waals surface area (Å²) in [6.45, 7) is 5.91. The molecule has 1 rings (SSSR count).